The van der Waals surface area contributed by atoms with Crippen molar-refractivity contribution < 1.29 is 14.4 Å². The lowest BCUT2D eigenvalue weighted by molar-refractivity contribution is -0.148. The highest BCUT2D eigenvalue weighted by molar-refractivity contribution is 5.81. The van der Waals surface area contributed by atoms with Gasteiger partial charge in [-0.25, -0.2) is 0 Å². The molecule has 1 heterocycles. The normalized spacial score (nSPS) is 19.5. The molecular weight excluding hydrogens is 170 g/mol. The predicted molar refractivity (Wildman–Crippen MR) is 44.4 cm³/mol. The summed E-state index contributed by atoms with van der Waals surface area (Å²) < 4.78 is 5.00. The zero-order valence-corrected chi connectivity index (χ0v) is 7.41. The first-order valence-corrected chi connectivity index (χ1v) is 4.32. The van der Waals surface area contributed by atoms with Crippen LogP contribution in [0.3, 0.4) is 0 Å². The topological polar surface area (TPSA) is 63.3 Å². The molecule has 4 nitrogen and oxygen atoms in total. The summed E-state index contributed by atoms with van der Waals surface area (Å²) in [5, 5.41) is 12.8. The average Bonchev–Trinajstić information content (AvgIpc) is 2.32. The molecule has 1 aliphatic carbocycles. The molecule has 13 heavy (non-hydrogen) atoms. The van der Waals surface area contributed by atoms with Crippen LogP contribution in [0.25, 0.3) is 0 Å². The summed E-state index contributed by atoms with van der Waals surface area (Å²) in [5.74, 6) is -0.293. The molecule has 0 amide bonds. The van der Waals surface area contributed by atoms with Crippen LogP contribution in [0, 0.1) is 6.92 Å². The summed E-state index contributed by atoms with van der Waals surface area (Å²) in [5.41, 5.74) is -0.0381. The van der Waals surface area contributed by atoms with Gasteiger partial charge in [-0.3, -0.25) is 4.79 Å². The highest BCUT2D eigenvalue weighted by Crippen LogP contribution is 2.44. The van der Waals surface area contributed by atoms with E-state index < -0.39 is 11.4 Å². The van der Waals surface area contributed by atoms with Crippen LogP contribution in [0.15, 0.2) is 10.6 Å². The molecule has 0 saturated heterocycles. The van der Waals surface area contributed by atoms with Crippen molar-refractivity contribution in [1.29, 1.82) is 0 Å². The molecule has 1 saturated carbocycles. The van der Waals surface area contributed by atoms with E-state index in [1.807, 2.05) is 0 Å². The number of carboxylic acid groups (broad SMARTS) is 1. The number of aliphatic carboxylic acids is 1. The quantitative estimate of drug-likeness (QED) is 0.750. The lowest BCUT2D eigenvalue weighted by atomic mass is 9.67. The van der Waals surface area contributed by atoms with Crippen LogP contribution in [-0.4, -0.2) is 16.2 Å². The number of carboxylic acids is 1. The number of carbonyl (C=O) groups is 1. The maximum Gasteiger partial charge on any atom is 0.317 e. The molecule has 0 atom stereocenters. The van der Waals surface area contributed by atoms with Crippen LogP contribution in [-0.2, 0) is 10.2 Å². The van der Waals surface area contributed by atoms with Crippen LogP contribution in [0.5, 0.6) is 0 Å². The molecule has 0 radical (unpaired) electrons. The fraction of sp³-hybridized carbons (Fsp3) is 0.556. The van der Waals surface area contributed by atoms with E-state index in [0.29, 0.717) is 18.6 Å². The van der Waals surface area contributed by atoms with Gasteiger partial charge in [0.1, 0.15) is 5.41 Å². The number of aromatic nitrogens is 1. The molecule has 4 heteroatoms. The molecule has 0 aliphatic heterocycles. The fourth-order valence-electron chi connectivity index (χ4n) is 1.69. The molecule has 0 bridgehead atoms. The highest BCUT2D eigenvalue weighted by atomic mass is 16.5. The van der Waals surface area contributed by atoms with Crippen molar-refractivity contribution in [3.63, 3.8) is 0 Å². The molecule has 1 N–H and O–H groups in total. The second-order valence-electron chi connectivity index (χ2n) is 3.57. The lowest BCUT2D eigenvalue weighted by Crippen LogP contribution is -2.41. The van der Waals surface area contributed by atoms with Gasteiger partial charge >= 0.3 is 5.97 Å². The summed E-state index contributed by atoms with van der Waals surface area (Å²) in [6.07, 6.45) is 2.28. The minimum absolute atomic E-state index is 0.503. The number of hydrogen-bond donors (Lipinski definition) is 1. The fourth-order valence-corrected chi connectivity index (χ4v) is 1.69. The van der Waals surface area contributed by atoms with Crippen molar-refractivity contribution in [2.45, 2.75) is 31.6 Å². The molecule has 0 unspecified atom stereocenters. The lowest BCUT2D eigenvalue weighted by Gasteiger charge is -2.34. The summed E-state index contributed by atoms with van der Waals surface area (Å²) in [7, 11) is 0. The Morgan fingerprint density at radius 2 is 2.38 bits per heavy atom. The molecule has 0 aromatic carbocycles. The Hall–Kier alpha value is -1.32. The Morgan fingerprint density at radius 3 is 2.69 bits per heavy atom. The van der Waals surface area contributed by atoms with Gasteiger partial charge in [0.05, 0.1) is 5.69 Å². The Kier molecular flexibility index (Phi) is 1.65. The van der Waals surface area contributed by atoms with Gasteiger partial charge in [-0.15, -0.1) is 0 Å². The van der Waals surface area contributed by atoms with Crippen LogP contribution < -0.4 is 0 Å². The molecule has 1 aliphatic rings. The molecule has 0 spiro atoms. The second-order valence-corrected chi connectivity index (χ2v) is 3.57. The van der Waals surface area contributed by atoms with Gasteiger partial charge in [-0.1, -0.05) is 11.6 Å². The van der Waals surface area contributed by atoms with Crippen molar-refractivity contribution >= 4 is 5.97 Å². The molecule has 70 valence electrons. The summed E-state index contributed by atoms with van der Waals surface area (Å²) in [6.45, 7) is 1.79. The third-order valence-corrected chi connectivity index (χ3v) is 2.72. The summed E-state index contributed by atoms with van der Waals surface area (Å²) >= 11 is 0. The van der Waals surface area contributed by atoms with Crippen LogP contribution in [0.2, 0.25) is 0 Å². The standard InChI is InChI=1S/C9H11NO3/c1-6-5-7(13-10-6)9(8(11)12)3-2-4-9/h5H,2-4H2,1H3,(H,11,12). The van der Waals surface area contributed by atoms with Gasteiger partial charge in [0.15, 0.2) is 5.76 Å². The first-order chi connectivity index (χ1) is 6.15. The predicted octanol–water partition coefficient (Wildman–Crippen LogP) is 1.49. The first kappa shape index (κ1) is 8.29. The Morgan fingerprint density at radius 1 is 1.69 bits per heavy atom. The number of hydrogen-bond acceptors (Lipinski definition) is 3. The van der Waals surface area contributed by atoms with E-state index in [2.05, 4.69) is 5.16 Å². The van der Waals surface area contributed by atoms with Crippen molar-refractivity contribution in [2.75, 3.05) is 0 Å². The van der Waals surface area contributed by atoms with Crippen molar-refractivity contribution in [1.82, 2.24) is 5.16 Å². The zero-order valence-electron chi connectivity index (χ0n) is 7.41. The first-order valence-electron chi connectivity index (χ1n) is 4.32. The van der Waals surface area contributed by atoms with E-state index >= 15 is 0 Å². The molecule has 1 aromatic rings. The SMILES string of the molecule is Cc1cc(C2(C(=O)O)CCC2)on1. The van der Waals surface area contributed by atoms with Crippen LogP contribution >= 0.6 is 0 Å². The number of rotatable bonds is 2. The van der Waals surface area contributed by atoms with Crippen molar-refractivity contribution in [2.24, 2.45) is 0 Å². The molecule has 1 fully saturated rings. The smallest absolute Gasteiger partial charge is 0.317 e. The van der Waals surface area contributed by atoms with E-state index in [1.54, 1.807) is 13.0 Å². The molecular formula is C9H11NO3. The highest BCUT2D eigenvalue weighted by Gasteiger charge is 2.49. The Bertz CT molecular complexity index is 338. The van der Waals surface area contributed by atoms with Gasteiger partial charge < -0.3 is 9.63 Å². The summed E-state index contributed by atoms with van der Waals surface area (Å²) in [4.78, 5) is 11.0. The van der Waals surface area contributed by atoms with E-state index in [9.17, 15) is 4.79 Å². The molecule has 2 rings (SSSR count). The Labute approximate surface area is 75.5 Å². The van der Waals surface area contributed by atoms with Gasteiger partial charge in [0.25, 0.3) is 0 Å². The molecule has 1 aromatic heterocycles. The van der Waals surface area contributed by atoms with Crippen LogP contribution in [0.4, 0.5) is 0 Å². The van der Waals surface area contributed by atoms with Crippen LogP contribution in [0.1, 0.15) is 30.7 Å². The van der Waals surface area contributed by atoms with Gasteiger partial charge in [0.2, 0.25) is 0 Å². The third-order valence-electron chi connectivity index (χ3n) is 2.72. The van der Waals surface area contributed by atoms with Crippen molar-refractivity contribution in [3.8, 4) is 0 Å². The van der Waals surface area contributed by atoms with E-state index in [-0.39, 0.29) is 0 Å². The maximum absolute atomic E-state index is 11.0. The van der Waals surface area contributed by atoms with E-state index in [0.717, 1.165) is 12.1 Å². The minimum atomic E-state index is -0.796. The van der Waals surface area contributed by atoms with Gasteiger partial charge in [-0.05, 0) is 19.8 Å². The Balaban J connectivity index is 2.37. The number of nitrogens with zero attached hydrogens (tertiary/aromatic N) is 1. The minimum Gasteiger partial charge on any atom is -0.480 e. The van der Waals surface area contributed by atoms with Gasteiger partial charge in [-0.2, -0.15) is 0 Å². The van der Waals surface area contributed by atoms with Crippen molar-refractivity contribution in [3.05, 3.63) is 17.5 Å². The average molecular weight is 181 g/mol. The number of aryl methyl sites for hydroxylation is 1. The van der Waals surface area contributed by atoms with E-state index in [4.69, 9.17) is 9.63 Å². The third kappa shape index (κ3) is 1.05. The van der Waals surface area contributed by atoms with E-state index in [1.165, 1.54) is 0 Å². The monoisotopic (exact) mass is 181 g/mol. The van der Waals surface area contributed by atoms with Gasteiger partial charge in [0, 0.05) is 6.07 Å². The second kappa shape index (κ2) is 2.58. The maximum atomic E-state index is 11.0. The largest absolute Gasteiger partial charge is 0.480 e. The summed E-state index contributed by atoms with van der Waals surface area (Å²) in [6, 6.07) is 1.72. The zero-order chi connectivity index (χ0) is 9.47.